The first-order valence-corrected chi connectivity index (χ1v) is 6.14. The second kappa shape index (κ2) is 4.48. The maximum atomic E-state index is 12.1. The molecule has 0 aromatic heterocycles. The lowest BCUT2D eigenvalue weighted by Gasteiger charge is -2.34. The Kier molecular flexibility index (Phi) is 3.16. The molecule has 3 nitrogen and oxygen atoms in total. The van der Waals surface area contributed by atoms with Crippen LogP contribution < -0.4 is 4.74 Å². The van der Waals surface area contributed by atoms with E-state index in [-0.39, 0.29) is 5.97 Å². The fourth-order valence-corrected chi connectivity index (χ4v) is 2.46. The van der Waals surface area contributed by atoms with Gasteiger partial charge in [-0.2, -0.15) is 0 Å². The summed E-state index contributed by atoms with van der Waals surface area (Å²) in [6.07, 6.45) is 0. The fraction of sp³-hybridized carbons (Fsp3) is 0.400. The van der Waals surface area contributed by atoms with E-state index in [0.29, 0.717) is 17.9 Å². The number of para-hydroxylation sites is 1. The van der Waals surface area contributed by atoms with E-state index >= 15 is 0 Å². The summed E-state index contributed by atoms with van der Waals surface area (Å²) in [5.41, 5.74) is 1.22. The highest BCUT2D eigenvalue weighted by atomic mass is 16.5. The van der Waals surface area contributed by atoms with Crippen LogP contribution >= 0.6 is 0 Å². The van der Waals surface area contributed by atoms with Crippen LogP contribution in [0.4, 0.5) is 0 Å². The van der Waals surface area contributed by atoms with Gasteiger partial charge in [0.15, 0.2) is 0 Å². The van der Waals surface area contributed by atoms with Gasteiger partial charge in [-0.3, -0.25) is 0 Å². The molecule has 0 radical (unpaired) electrons. The Balaban J connectivity index is 2.52. The minimum absolute atomic E-state index is 0.297. The summed E-state index contributed by atoms with van der Waals surface area (Å²) < 4.78 is 10.9. The quantitative estimate of drug-likeness (QED) is 0.752. The van der Waals surface area contributed by atoms with E-state index in [4.69, 9.17) is 9.47 Å². The van der Waals surface area contributed by atoms with Crippen molar-refractivity contribution in [2.24, 2.45) is 0 Å². The maximum Gasteiger partial charge on any atom is 0.338 e. The van der Waals surface area contributed by atoms with Crippen molar-refractivity contribution in [2.45, 2.75) is 33.1 Å². The predicted octanol–water partition coefficient (Wildman–Crippen LogP) is 3.19. The minimum Gasteiger partial charge on any atom is -0.463 e. The molecule has 0 saturated carbocycles. The van der Waals surface area contributed by atoms with Crippen molar-refractivity contribution in [2.75, 3.05) is 6.61 Å². The number of hydrogen-bond acceptors (Lipinski definition) is 3. The van der Waals surface area contributed by atoms with E-state index in [1.807, 2.05) is 45.0 Å². The first-order chi connectivity index (χ1) is 8.48. The van der Waals surface area contributed by atoms with Crippen LogP contribution in [0.5, 0.6) is 5.75 Å². The molecule has 1 aromatic carbocycles. The van der Waals surface area contributed by atoms with Crippen LogP contribution in [0.3, 0.4) is 0 Å². The Morgan fingerprint density at radius 3 is 2.67 bits per heavy atom. The summed E-state index contributed by atoms with van der Waals surface area (Å²) >= 11 is 0. The molecule has 3 heteroatoms. The van der Waals surface area contributed by atoms with Crippen molar-refractivity contribution in [3.63, 3.8) is 0 Å². The summed E-state index contributed by atoms with van der Waals surface area (Å²) in [5.74, 6) is 1.14. The summed E-state index contributed by atoms with van der Waals surface area (Å²) in [6.45, 7) is 8.02. The second-order valence-electron chi connectivity index (χ2n) is 4.87. The lowest BCUT2D eigenvalue weighted by atomic mass is 9.75. The lowest BCUT2D eigenvalue weighted by Crippen LogP contribution is -2.33. The van der Waals surface area contributed by atoms with Crippen LogP contribution in [0.15, 0.2) is 35.6 Å². The molecule has 1 aliphatic rings. The molecule has 0 bridgehead atoms. The molecule has 0 spiro atoms. The second-order valence-corrected chi connectivity index (χ2v) is 4.87. The molecule has 0 aliphatic carbocycles. The third-order valence-electron chi connectivity index (χ3n) is 3.28. The standard InChI is InChI=1S/C15H18O3/c1-5-17-14(16)13-10(2)18-12-9-7-6-8-11(12)15(13,3)4/h6-9H,5H2,1-4H3. The van der Waals surface area contributed by atoms with E-state index in [9.17, 15) is 4.79 Å². The van der Waals surface area contributed by atoms with E-state index in [0.717, 1.165) is 11.3 Å². The summed E-state index contributed by atoms with van der Waals surface area (Å²) in [7, 11) is 0. The molecule has 1 aliphatic heterocycles. The predicted molar refractivity (Wildman–Crippen MR) is 69.4 cm³/mol. The molecule has 18 heavy (non-hydrogen) atoms. The largest absolute Gasteiger partial charge is 0.463 e. The number of hydrogen-bond donors (Lipinski definition) is 0. The molecule has 1 aromatic rings. The third-order valence-corrected chi connectivity index (χ3v) is 3.28. The van der Waals surface area contributed by atoms with Crippen LogP contribution in [0.1, 0.15) is 33.3 Å². The molecule has 0 unspecified atom stereocenters. The number of esters is 1. The van der Waals surface area contributed by atoms with Crippen molar-refractivity contribution < 1.29 is 14.3 Å². The number of ether oxygens (including phenoxy) is 2. The normalized spacial score (nSPS) is 16.9. The first-order valence-electron chi connectivity index (χ1n) is 6.14. The fourth-order valence-electron chi connectivity index (χ4n) is 2.46. The highest BCUT2D eigenvalue weighted by Gasteiger charge is 2.39. The Morgan fingerprint density at radius 2 is 2.00 bits per heavy atom. The average molecular weight is 246 g/mol. The van der Waals surface area contributed by atoms with Gasteiger partial charge in [0.1, 0.15) is 11.5 Å². The van der Waals surface area contributed by atoms with Gasteiger partial charge in [0.25, 0.3) is 0 Å². The molecular weight excluding hydrogens is 228 g/mol. The van der Waals surface area contributed by atoms with E-state index in [1.165, 1.54) is 0 Å². The SMILES string of the molecule is CCOC(=O)C1=C(C)Oc2ccccc2C1(C)C. The minimum atomic E-state index is -0.398. The number of benzene rings is 1. The van der Waals surface area contributed by atoms with Gasteiger partial charge in [0.05, 0.1) is 12.2 Å². The summed E-state index contributed by atoms with van der Waals surface area (Å²) in [5, 5.41) is 0. The molecule has 0 N–H and O–H groups in total. The van der Waals surface area contributed by atoms with Gasteiger partial charge in [-0.15, -0.1) is 0 Å². The maximum absolute atomic E-state index is 12.1. The highest BCUT2D eigenvalue weighted by Crippen LogP contribution is 2.43. The first kappa shape index (κ1) is 12.7. The molecule has 1 heterocycles. The van der Waals surface area contributed by atoms with Gasteiger partial charge in [-0.1, -0.05) is 32.0 Å². The van der Waals surface area contributed by atoms with Gasteiger partial charge in [-0.05, 0) is 19.9 Å². The number of allylic oxidation sites excluding steroid dienone is 1. The Labute approximate surface area is 107 Å². The van der Waals surface area contributed by atoms with Gasteiger partial charge in [-0.25, -0.2) is 4.79 Å². The molecule has 0 fully saturated rings. The Hall–Kier alpha value is -1.77. The Morgan fingerprint density at radius 1 is 1.33 bits per heavy atom. The van der Waals surface area contributed by atoms with Crippen LogP contribution in [0.25, 0.3) is 0 Å². The third kappa shape index (κ3) is 1.90. The topological polar surface area (TPSA) is 35.5 Å². The monoisotopic (exact) mass is 246 g/mol. The number of carbonyl (C=O) groups excluding carboxylic acids is 1. The molecule has 0 amide bonds. The molecule has 0 saturated heterocycles. The van der Waals surface area contributed by atoms with Crippen LogP contribution in [0, 0.1) is 0 Å². The summed E-state index contributed by atoms with van der Waals surface area (Å²) in [4.78, 5) is 12.1. The van der Waals surface area contributed by atoms with Crippen molar-refractivity contribution >= 4 is 5.97 Å². The Bertz CT molecular complexity index is 512. The van der Waals surface area contributed by atoms with Gasteiger partial charge in [0, 0.05) is 11.0 Å². The molecular formula is C15H18O3. The van der Waals surface area contributed by atoms with Crippen LogP contribution in [0.2, 0.25) is 0 Å². The van der Waals surface area contributed by atoms with Crippen molar-refractivity contribution in [3.05, 3.63) is 41.2 Å². The van der Waals surface area contributed by atoms with E-state index in [2.05, 4.69) is 0 Å². The summed E-state index contributed by atoms with van der Waals surface area (Å²) in [6, 6.07) is 7.79. The van der Waals surface area contributed by atoms with Gasteiger partial charge >= 0.3 is 5.97 Å². The van der Waals surface area contributed by atoms with Crippen LogP contribution in [-0.2, 0) is 14.9 Å². The number of carbonyl (C=O) groups is 1. The average Bonchev–Trinajstić information content (AvgIpc) is 2.28. The number of rotatable bonds is 2. The zero-order valence-corrected chi connectivity index (χ0v) is 11.2. The van der Waals surface area contributed by atoms with E-state index < -0.39 is 5.41 Å². The van der Waals surface area contributed by atoms with Crippen molar-refractivity contribution in [3.8, 4) is 5.75 Å². The van der Waals surface area contributed by atoms with Gasteiger partial charge < -0.3 is 9.47 Å². The van der Waals surface area contributed by atoms with E-state index in [1.54, 1.807) is 6.92 Å². The zero-order chi connectivity index (χ0) is 13.3. The van der Waals surface area contributed by atoms with Crippen molar-refractivity contribution in [1.82, 2.24) is 0 Å². The molecule has 96 valence electrons. The zero-order valence-electron chi connectivity index (χ0n) is 11.2. The highest BCUT2D eigenvalue weighted by molar-refractivity contribution is 5.92. The van der Waals surface area contributed by atoms with Crippen LogP contribution in [-0.4, -0.2) is 12.6 Å². The molecule has 0 atom stereocenters. The van der Waals surface area contributed by atoms with Gasteiger partial charge in [0.2, 0.25) is 0 Å². The smallest absolute Gasteiger partial charge is 0.338 e. The lowest BCUT2D eigenvalue weighted by molar-refractivity contribution is -0.139. The molecule has 2 rings (SSSR count). The van der Waals surface area contributed by atoms with Crippen molar-refractivity contribution in [1.29, 1.82) is 0 Å². The number of fused-ring (bicyclic) bond motifs is 1.